The number of carbonyl (C=O) groups is 3. The molecule has 0 unspecified atom stereocenters. The highest BCUT2D eigenvalue weighted by atomic mass is 16.2. The molecular formula is C25H33N3O3. The van der Waals surface area contributed by atoms with Crippen LogP contribution in [0, 0.1) is 23.2 Å². The minimum absolute atomic E-state index is 0.0177. The maximum atomic E-state index is 13.5. The van der Waals surface area contributed by atoms with E-state index < -0.39 is 0 Å². The number of anilines is 1. The molecule has 1 aromatic rings. The van der Waals surface area contributed by atoms with Gasteiger partial charge in [-0.25, -0.2) is 0 Å². The summed E-state index contributed by atoms with van der Waals surface area (Å²) in [6, 6.07) is 7.04. The Balaban J connectivity index is 1.13. The van der Waals surface area contributed by atoms with Crippen LogP contribution in [-0.2, 0) is 9.59 Å². The molecule has 0 spiro atoms. The Labute approximate surface area is 184 Å². The molecule has 1 saturated heterocycles. The van der Waals surface area contributed by atoms with Gasteiger partial charge in [0.25, 0.3) is 0 Å². The van der Waals surface area contributed by atoms with Crippen LogP contribution in [0.1, 0.15) is 55.8 Å². The second-order valence-corrected chi connectivity index (χ2v) is 10.5. The summed E-state index contributed by atoms with van der Waals surface area (Å²) in [5, 5.41) is 2.89. The van der Waals surface area contributed by atoms with Crippen LogP contribution in [-0.4, -0.2) is 60.1 Å². The largest absolute Gasteiger partial charge is 0.340 e. The highest BCUT2D eigenvalue weighted by Crippen LogP contribution is 2.60. The molecule has 5 fully saturated rings. The van der Waals surface area contributed by atoms with E-state index in [1.165, 1.54) is 26.2 Å². The lowest BCUT2D eigenvalue weighted by atomic mass is 9.49. The number of ketones is 1. The quantitative estimate of drug-likeness (QED) is 0.739. The van der Waals surface area contributed by atoms with Gasteiger partial charge in [-0.05, 0) is 75.3 Å². The molecule has 6 rings (SSSR count). The topological polar surface area (TPSA) is 69.7 Å². The predicted molar refractivity (Wildman–Crippen MR) is 119 cm³/mol. The van der Waals surface area contributed by atoms with Gasteiger partial charge in [0.15, 0.2) is 5.78 Å². The van der Waals surface area contributed by atoms with Gasteiger partial charge in [-0.1, -0.05) is 12.1 Å². The number of benzene rings is 1. The zero-order valence-corrected chi connectivity index (χ0v) is 18.4. The van der Waals surface area contributed by atoms with E-state index in [1.807, 2.05) is 0 Å². The van der Waals surface area contributed by atoms with Crippen molar-refractivity contribution in [2.45, 2.75) is 45.4 Å². The maximum Gasteiger partial charge on any atom is 0.238 e. The molecule has 166 valence electrons. The summed E-state index contributed by atoms with van der Waals surface area (Å²) in [5.74, 6) is 2.64. The predicted octanol–water partition coefficient (Wildman–Crippen LogP) is 3.19. The van der Waals surface area contributed by atoms with Gasteiger partial charge in [-0.3, -0.25) is 19.3 Å². The van der Waals surface area contributed by atoms with Crippen molar-refractivity contribution in [3.05, 3.63) is 29.8 Å². The van der Waals surface area contributed by atoms with Crippen molar-refractivity contribution in [1.82, 2.24) is 9.80 Å². The van der Waals surface area contributed by atoms with Crippen molar-refractivity contribution in [3.63, 3.8) is 0 Å². The number of hydrogen-bond donors (Lipinski definition) is 1. The molecule has 6 nitrogen and oxygen atoms in total. The molecule has 31 heavy (non-hydrogen) atoms. The number of Topliss-reactive ketones (excluding diaryl/α,β-unsaturated/α-hetero) is 1. The minimum atomic E-state index is -0.0819. The van der Waals surface area contributed by atoms with Crippen molar-refractivity contribution in [3.8, 4) is 0 Å². The summed E-state index contributed by atoms with van der Waals surface area (Å²) in [5.41, 5.74) is 1.17. The molecule has 0 radical (unpaired) electrons. The van der Waals surface area contributed by atoms with Gasteiger partial charge in [0.2, 0.25) is 11.8 Å². The first-order chi connectivity index (χ1) is 14.9. The van der Waals surface area contributed by atoms with Crippen LogP contribution >= 0.6 is 0 Å². The lowest BCUT2D eigenvalue weighted by Crippen LogP contribution is -2.58. The highest BCUT2D eigenvalue weighted by molar-refractivity contribution is 5.97. The molecule has 0 aromatic heterocycles. The third kappa shape index (κ3) is 4.14. The fourth-order valence-electron chi connectivity index (χ4n) is 7.04. The average molecular weight is 424 g/mol. The van der Waals surface area contributed by atoms with Crippen LogP contribution < -0.4 is 5.32 Å². The Morgan fingerprint density at radius 2 is 1.58 bits per heavy atom. The number of piperazine rings is 1. The van der Waals surface area contributed by atoms with E-state index in [1.54, 1.807) is 24.3 Å². The van der Waals surface area contributed by atoms with E-state index in [2.05, 4.69) is 15.1 Å². The van der Waals surface area contributed by atoms with E-state index in [9.17, 15) is 14.4 Å². The van der Waals surface area contributed by atoms with Gasteiger partial charge >= 0.3 is 0 Å². The number of nitrogens with one attached hydrogen (secondary N) is 1. The normalized spacial score (nSPS) is 32.2. The molecule has 6 heteroatoms. The summed E-state index contributed by atoms with van der Waals surface area (Å²) < 4.78 is 0. The van der Waals surface area contributed by atoms with E-state index >= 15 is 0 Å². The van der Waals surface area contributed by atoms with E-state index in [-0.39, 0.29) is 17.1 Å². The third-order valence-corrected chi connectivity index (χ3v) is 8.07. The van der Waals surface area contributed by atoms with Gasteiger partial charge in [0.05, 0.1) is 12.0 Å². The molecule has 4 saturated carbocycles. The zero-order valence-electron chi connectivity index (χ0n) is 18.4. The summed E-state index contributed by atoms with van der Waals surface area (Å²) in [6.45, 7) is 4.73. The summed E-state index contributed by atoms with van der Waals surface area (Å²) in [7, 11) is 0. The smallest absolute Gasteiger partial charge is 0.238 e. The summed E-state index contributed by atoms with van der Waals surface area (Å²) >= 11 is 0. The van der Waals surface area contributed by atoms with Crippen molar-refractivity contribution in [2.75, 3.05) is 38.0 Å². The van der Waals surface area contributed by atoms with Crippen molar-refractivity contribution >= 4 is 23.3 Å². The Kier molecular flexibility index (Phi) is 5.37. The zero-order chi connectivity index (χ0) is 21.6. The fourth-order valence-corrected chi connectivity index (χ4v) is 7.04. The molecule has 1 heterocycles. The van der Waals surface area contributed by atoms with Crippen LogP contribution in [0.4, 0.5) is 5.69 Å². The van der Waals surface area contributed by atoms with E-state index in [0.29, 0.717) is 36.8 Å². The van der Waals surface area contributed by atoms with Crippen molar-refractivity contribution in [1.29, 1.82) is 0 Å². The molecule has 2 amide bonds. The van der Waals surface area contributed by atoms with Gasteiger partial charge in [-0.2, -0.15) is 0 Å². The van der Waals surface area contributed by atoms with Gasteiger partial charge < -0.3 is 10.2 Å². The van der Waals surface area contributed by atoms with E-state index in [0.717, 1.165) is 50.1 Å². The highest BCUT2D eigenvalue weighted by Gasteiger charge is 2.55. The van der Waals surface area contributed by atoms with Crippen LogP contribution in [0.2, 0.25) is 0 Å². The first kappa shape index (κ1) is 20.7. The van der Waals surface area contributed by atoms with Crippen LogP contribution in [0.25, 0.3) is 0 Å². The SMILES string of the molecule is CC(=O)c1cccc(NC(=O)CN2CCN(C(=O)C34CC5CC(CC(C5)C3)C4)CC2)c1. The lowest BCUT2D eigenvalue weighted by molar-refractivity contribution is -0.159. The molecule has 1 aliphatic heterocycles. The number of carbonyl (C=O) groups excluding carboxylic acids is 3. The van der Waals surface area contributed by atoms with Gasteiger partial charge in [0.1, 0.15) is 0 Å². The molecule has 1 aromatic carbocycles. The van der Waals surface area contributed by atoms with Crippen LogP contribution in [0.5, 0.6) is 0 Å². The average Bonchev–Trinajstić information content (AvgIpc) is 2.73. The van der Waals surface area contributed by atoms with Crippen LogP contribution in [0.3, 0.4) is 0 Å². The number of rotatable bonds is 5. The lowest BCUT2D eigenvalue weighted by Gasteiger charge is -2.57. The maximum absolute atomic E-state index is 13.5. The van der Waals surface area contributed by atoms with Crippen LogP contribution in [0.15, 0.2) is 24.3 Å². The molecule has 1 N–H and O–H groups in total. The van der Waals surface area contributed by atoms with Crippen molar-refractivity contribution < 1.29 is 14.4 Å². The second kappa shape index (κ2) is 8.05. The molecule has 4 bridgehead atoms. The Morgan fingerprint density at radius 3 is 2.16 bits per heavy atom. The summed E-state index contributed by atoms with van der Waals surface area (Å²) in [4.78, 5) is 41.7. The van der Waals surface area contributed by atoms with E-state index in [4.69, 9.17) is 0 Å². The standard InChI is InChI=1S/C25H33N3O3/c1-17(29)21-3-2-4-22(12-21)26-23(30)16-27-5-7-28(8-6-27)24(31)25-13-18-9-19(14-25)11-20(10-18)15-25/h2-4,12,18-20H,5-11,13-16H2,1H3,(H,26,30). The molecule has 4 aliphatic carbocycles. The number of amides is 2. The first-order valence-electron chi connectivity index (χ1n) is 11.8. The minimum Gasteiger partial charge on any atom is -0.340 e. The summed E-state index contributed by atoms with van der Waals surface area (Å²) in [6.07, 6.45) is 7.39. The molecule has 5 aliphatic rings. The molecular weight excluding hydrogens is 390 g/mol. The Morgan fingerprint density at radius 1 is 0.968 bits per heavy atom. The Bertz CT molecular complexity index is 852. The van der Waals surface area contributed by atoms with Crippen molar-refractivity contribution in [2.24, 2.45) is 23.2 Å². The second-order valence-electron chi connectivity index (χ2n) is 10.5. The van der Waals surface area contributed by atoms with Gasteiger partial charge in [0, 0.05) is 37.4 Å². The molecule has 0 atom stereocenters. The Hall–Kier alpha value is -2.21. The third-order valence-electron chi connectivity index (χ3n) is 8.07. The number of hydrogen-bond acceptors (Lipinski definition) is 4. The fraction of sp³-hybridized carbons (Fsp3) is 0.640. The monoisotopic (exact) mass is 423 g/mol. The number of nitrogens with zero attached hydrogens (tertiary/aromatic N) is 2. The first-order valence-corrected chi connectivity index (χ1v) is 11.8. The van der Waals surface area contributed by atoms with Gasteiger partial charge in [-0.15, -0.1) is 0 Å².